The number of rotatable bonds is 3. The summed E-state index contributed by atoms with van der Waals surface area (Å²) in [6.45, 7) is 2.75. The molecule has 0 unspecified atom stereocenters. The number of carboxylic acids is 1. The number of fused-ring (bicyclic) bond motifs is 1. The molecule has 1 saturated heterocycles. The van der Waals surface area contributed by atoms with Crippen LogP contribution in [0.25, 0.3) is 11.0 Å². The smallest absolute Gasteiger partial charge is 0.308 e. The number of benzene rings is 1. The van der Waals surface area contributed by atoms with Crippen molar-refractivity contribution in [2.45, 2.75) is 19.8 Å². The molecule has 2 aliphatic rings. The van der Waals surface area contributed by atoms with Crippen molar-refractivity contribution in [3.8, 4) is 0 Å². The fraction of sp³-hybridized carbons (Fsp3) is 0.444. The van der Waals surface area contributed by atoms with Crippen LogP contribution in [-0.2, 0) is 4.79 Å². The molecule has 5 heteroatoms. The fourth-order valence-electron chi connectivity index (χ4n) is 3.73. The predicted molar refractivity (Wildman–Crippen MR) is 84.2 cm³/mol. The Morgan fingerprint density at radius 3 is 2.70 bits per heavy atom. The second-order valence-electron chi connectivity index (χ2n) is 6.76. The highest BCUT2D eigenvalue weighted by molar-refractivity contribution is 5.97. The lowest BCUT2D eigenvalue weighted by atomic mass is 9.92. The van der Waals surface area contributed by atoms with Gasteiger partial charge in [0.25, 0.3) is 5.91 Å². The van der Waals surface area contributed by atoms with Gasteiger partial charge in [-0.25, -0.2) is 0 Å². The van der Waals surface area contributed by atoms with Gasteiger partial charge in [-0.1, -0.05) is 18.2 Å². The van der Waals surface area contributed by atoms with Crippen LogP contribution in [0, 0.1) is 24.7 Å². The number of hydrogen-bond acceptors (Lipinski definition) is 3. The summed E-state index contributed by atoms with van der Waals surface area (Å²) in [7, 11) is 0. The SMILES string of the molecule is Cc1cccc2cc(C(=O)N3C[C@H](C(=O)O)[C@@H](C4CC4)C3)oc12. The highest BCUT2D eigenvalue weighted by Gasteiger charge is 2.47. The molecule has 1 saturated carbocycles. The van der Waals surface area contributed by atoms with E-state index >= 15 is 0 Å². The number of aliphatic carboxylic acids is 1. The van der Waals surface area contributed by atoms with Crippen LogP contribution in [0.15, 0.2) is 28.7 Å². The van der Waals surface area contributed by atoms with E-state index in [0.717, 1.165) is 29.4 Å². The number of likely N-dealkylation sites (tertiary alicyclic amines) is 1. The first-order valence-corrected chi connectivity index (χ1v) is 8.06. The van der Waals surface area contributed by atoms with Crippen molar-refractivity contribution in [2.24, 2.45) is 17.8 Å². The summed E-state index contributed by atoms with van der Waals surface area (Å²) in [5, 5.41) is 10.3. The van der Waals surface area contributed by atoms with Gasteiger partial charge in [0.15, 0.2) is 5.76 Å². The van der Waals surface area contributed by atoms with Crippen molar-refractivity contribution in [3.05, 3.63) is 35.6 Å². The van der Waals surface area contributed by atoms with Crippen LogP contribution in [0.2, 0.25) is 0 Å². The molecule has 1 aromatic heterocycles. The van der Waals surface area contributed by atoms with Crippen LogP contribution in [-0.4, -0.2) is 35.0 Å². The Hall–Kier alpha value is -2.30. The minimum atomic E-state index is -0.794. The number of carbonyl (C=O) groups excluding carboxylic acids is 1. The molecule has 1 aliphatic carbocycles. The Morgan fingerprint density at radius 1 is 1.26 bits per heavy atom. The second kappa shape index (κ2) is 5.11. The van der Waals surface area contributed by atoms with Gasteiger partial charge >= 0.3 is 5.97 Å². The van der Waals surface area contributed by atoms with Crippen molar-refractivity contribution in [3.63, 3.8) is 0 Å². The Labute approximate surface area is 133 Å². The average Bonchev–Trinajstić information content (AvgIpc) is 3.11. The molecule has 1 aliphatic heterocycles. The summed E-state index contributed by atoms with van der Waals surface area (Å²) in [6.07, 6.45) is 2.17. The molecule has 2 fully saturated rings. The van der Waals surface area contributed by atoms with E-state index in [0.29, 0.717) is 18.2 Å². The Balaban J connectivity index is 1.60. The lowest BCUT2D eigenvalue weighted by molar-refractivity contribution is -0.142. The monoisotopic (exact) mass is 313 g/mol. The number of aryl methyl sites for hydroxylation is 1. The highest BCUT2D eigenvalue weighted by Crippen LogP contribution is 2.44. The van der Waals surface area contributed by atoms with Crippen molar-refractivity contribution in [1.29, 1.82) is 0 Å². The molecule has 2 atom stereocenters. The zero-order valence-corrected chi connectivity index (χ0v) is 13.0. The van der Waals surface area contributed by atoms with E-state index in [-0.39, 0.29) is 18.4 Å². The van der Waals surface area contributed by atoms with Gasteiger partial charge < -0.3 is 14.4 Å². The van der Waals surface area contributed by atoms with Gasteiger partial charge in [0, 0.05) is 18.5 Å². The summed E-state index contributed by atoms with van der Waals surface area (Å²) in [5.74, 6) is -0.588. The summed E-state index contributed by atoms with van der Waals surface area (Å²) in [4.78, 5) is 25.8. The summed E-state index contributed by atoms with van der Waals surface area (Å²) in [6, 6.07) is 7.55. The third-order valence-corrected chi connectivity index (χ3v) is 5.15. The topological polar surface area (TPSA) is 70.8 Å². The van der Waals surface area contributed by atoms with Crippen molar-refractivity contribution in [2.75, 3.05) is 13.1 Å². The Bertz CT molecular complexity index is 789. The number of para-hydroxylation sites is 1. The van der Waals surface area contributed by atoms with Gasteiger partial charge in [-0.15, -0.1) is 0 Å². The molecule has 120 valence electrons. The quantitative estimate of drug-likeness (QED) is 0.946. The van der Waals surface area contributed by atoms with E-state index in [1.165, 1.54) is 0 Å². The normalized spacial score (nSPS) is 24.3. The van der Waals surface area contributed by atoms with Crippen LogP contribution >= 0.6 is 0 Å². The van der Waals surface area contributed by atoms with Crippen molar-refractivity contribution < 1.29 is 19.1 Å². The second-order valence-corrected chi connectivity index (χ2v) is 6.76. The number of hydrogen-bond donors (Lipinski definition) is 1. The summed E-state index contributed by atoms with van der Waals surface area (Å²) >= 11 is 0. The first-order valence-electron chi connectivity index (χ1n) is 8.06. The van der Waals surface area contributed by atoms with Gasteiger partial charge in [-0.2, -0.15) is 0 Å². The molecule has 0 bridgehead atoms. The summed E-state index contributed by atoms with van der Waals surface area (Å²) < 4.78 is 5.74. The average molecular weight is 313 g/mol. The zero-order valence-electron chi connectivity index (χ0n) is 13.0. The van der Waals surface area contributed by atoms with Crippen LogP contribution < -0.4 is 0 Å². The van der Waals surface area contributed by atoms with E-state index in [4.69, 9.17) is 4.42 Å². The largest absolute Gasteiger partial charge is 0.481 e. The molecular weight excluding hydrogens is 294 g/mol. The third-order valence-electron chi connectivity index (χ3n) is 5.15. The molecule has 5 nitrogen and oxygen atoms in total. The fourth-order valence-corrected chi connectivity index (χ4v) is 3.73. The van der Waals surface area contributed by atoms with Crippen LogP contribution in [0.4, 0.5) is 0 Å². The lowest BCUT2D eigenvalue weighted by Crippen LogP contribution is -2.29. The van der Waals surface area contributed by atoms with Crippen LogP contribution in [0.3, 0.4) is 0 Å². The number of carbonyl (C=O) groups is 2. The van der Waals surface area contributed by atoms with Gasteiger partial charge in [0.1, 0.15) is 5.58 Å². The maximum atomic E-state index is 12.7. The minimum absolute atomic E-state index is 0.0857. The van der Waals surface area contributed by atoms with Crippen LogP contribution in [0.1, 0.15) is 29.0 Å². The van der Waals surface area contributed by atoms with E-state index < -0.39 is 11.9 Å². The molecule has 2 aromatic rings. The molecule has 2 heterocycles. The first-order chi connectivity index (χ1) is 11.0. The first kappa shape index (κ1) is 14.3. The van der Waals surface area contributed by atoms with Crippen LogP contribution in [0.5, 0.6) is 0 Å². The number of nitrogens with zero attached hydrogens (tertiary/aromatic N) is 1. The van der Waals surface area contributed by atoms with E-state index in [1.54, 1.807) is 11.0 Å². The maximum absolute atomic E-state index is 12.7. The molecule has 1 N–H and O–H groups in total. The summed E-state index contributed by atoms with van der Waals surface area (Å²) in [5.41, 5.74) is 1.71. The standard InChI is InChI=1S/C18H19NO4/c1-10-3-2-4-12-7-15(23-16(10)12)17(20)19-8-13(11-5-6-11)14(9-19)18(21)22/h2-4,7,11,13-14H,5-6,8-9H2,1H3,(H,21,22)/t13-,14+/m1/s1. The van der Waals surface area contributed by atoms with Gasteiger partial charge in [0.2, 0.25) is 0 Å². The number of carboxylic acid groups (broad SMARTS) is 1. The van der Waals surface area contributed by atoms with E-state index in [1.807, 2.05) is 25.1 Å². The predicted octanol–water partition coefficient (Wildman–Crippen LogP) is 2.92. The van der Waals surface area contributed by atoms with Gasteiger partial charge in [-0.05, 0) is 43.2 Å². The molecule has 1 aromatic carbocycles. The van der Waals surface area contributed by atoms with Gasteiger partial charge in [-0.3, -0.25) is 9.59 Å². The van der Waals surface area contributed by atoms with Gasteiger partial charge in [0.05, 0.1) is 5.92 Å². The zero-order chi connectivity index (χ0) is 16.1. The molecule has 1 amide bonds. The molecule has 4 rings (SSSR count). The van der Waals surface area contributed by atoms with Crippen molar-refractivity contribution >= 4 is 22.8 Å². The molecule has 0 radical (unpaired) electrons. The Kier molecular flexibility index (Phi) is 3.18. The molecule has 23 heavy (non-hydrogen) atoms. The van der Waals surface area contributed by atoms with Crippen molar-refractivity contribution in [1.82, 2.24) is 4.90 Å². The number of amides is 1. The van der Waals surface area contributed by atoms with E-state index in [2.05, 4.69) is 0 Å². The highest BCUT2D eigenvalue weighted by atomic mass is 16.4. The molecule has 0 spiro atoms. The third kappa shape index (κ3) is 2.40. The molecular formula is C18H19NO4. The number of furan rings is 1. The lowest BCUT2D eigenvalue weighted by Gasteiger charge is -2.14. The van der Waals surface area contributed by atoms with E-state index in [9.17, 15) is 14.7 Å². The maximum Gasteiger partial charge on any atom is 0.308 e. The minimum Gasteiger partial charge on any atom is -0.481 e. The Morgan fingerprint density at radius 2 is 2.04 bits per heavy atom.